The molecule has 0 bridgehead atoms. The van der Waals surface area contributed by atoms with Gasteiger partial charge in [-0.2, -0.15) is 4.31 Å². The molecular weight excluding hydrogens is 382 g/mol. The molecular formula is C23H27N3O2S. The third kappa shape index (κ3) is 4.43. The summed E-state index contributed by atoms with van der Waals surface area (Å²) in [5.41, 5.74) is 2.42. The van der Waals surface area contributed by atoms with E-state index in [1.165, 1.54) is 5.56 Å². The molecule has 1 aromatic heterocycles. The molecule has 3 aromatic rings. The lowest BCUT2D eigenvalue weighted by molar-refractivity contribution is 0.269. The molecule has 1 aliphatic heterocycles. The van der Waals surface area contributed by atoms with Crippen LogP contribution in [-0.2, 0) is 23.0 Å². The highest BCUT2D eigenvalue weighted by Gasteiger charge is 2.29. The van der Waals surface area contributed by atoms with Crippen molar-refractivity contribution in [1.29, 1.82) is 0 Å². The van der Waals surface area contributed by atoms with Gasteiger partial charge in [-0.1, -0.05) is 48.5 Å². The van der Waals surface area contributed by atoms with Gasteiger partial charge in [-0.15, -0.1) is 0 Å². The minimum Gasteiger partial charge on any atom is -0.328 e. The van der Waals surface area contributed by atoms with Crippen molar-refractivity contribution in [1.82, 2.24) is 13.9 Å². The van der Waals surface area contributed by atoms with Crippen LogP contribution in [-0.4, -0.2) is 35.4 Å². The number of piperidine rings is 1. The highest BCUT2D eigenvalue weighted by atomic mass is 32.2. The number of aromatic nitrogens is 2. The molecule has 0 amide bonds. The van der Waals surface area contributed by atoms with E-state index in [9.17, 15) is 8.42 Å². The summed E-state index contributed by atoms with van der Waals surface area (Å²) in [5, 5.41) is 0. The van der Waals surface area contributed by atoms with Gasteiger partial charge in [-0.3, -0.25) is 0 Å². The number of nitrogens with zero attached hydrogens (tertiary/aromatic N) is 3. The highest BCUT2D eigenvalue weighted by molar-refractivity contribution is 7.89. The van der Waals surface area contributed by atoms with Crippen LogP contribution >= 0.6 is 0 Å². The second-order valence-corrected chi connectivity index (χ2v) is 9.69. The summed E-state index contributed by atoms with van der Waals surface area (Å²) < 4.78 is 29.6. The molecule has 5 nitrogen and oxygen atoms in total. The second kappa shape index (κ2) is 8.51. The van der Waals surface area contributed by atoms with Gasteiger partial charge in [0.05, 0.1) is 4.90 Å². The monoisotopic (exact) mass is 409 g/mol. The van der Waals surface area contributed by atoms with E-state index in [0.717, 1.165) is 37.3 Å². The third-order valence-corrected chi connectivity index (χ3v) is 7.66. The number of benzene rings is 2. The van der Waals surface area contributed by atoms with Gasteiger partial charge in [-0.05, 0) is 43.4 Å². The predicted molar refractivity (Wildman–Crippen MR) is 114 cm³/mol. The van der Waals surface area contributed by atoms with Crippen LogP contribution in [0.5, 0.6) is 0 Å². The van der Waals surface area contributed by atoms with E-state index in [1.807, 2.05) is 18.3 Å². The maximum atomic E-state index is 12.8. The Labute approximate surface area is 173 Å². The van der Waals surface area contributed by atoms with Crippen LogP contribution in [0.3, 0.4) is 0 Å². The molecule has 0 aliphatic carbocycles. The van der Waals surface area contributed by atoms with Gasteiger partial charge in [-0.25, -0.2) is 13.4 Å². The first-order valence-electron chi connectivity index (χ1n) is 10.1. The number of aryl methyl sites for hydroxylation is 1. The Morgan fingerprint density at radius 3 is 2.24 bits per heavy atom. The summed E-state index contributed by atoms with van der Waals surface area (Å²) >= 11 is 0. The molecule has 6 heteroatoms. The molecule has 2 aromatic carbocycles. The zero-order valence-electron chi connectivity index (χ0n) is 16.7. The van der Waals surface area contributed by atoms with E-state index in [4.69, 9.17) is 0 Å². The molecule has 0 spiro atoms. The highest BCUT2D eigenvalue weighted by Crippen LogP contribution is 2.26. The lowest BCUT2D eigenvalue weighted by Gasteiger charge is -2.31. The SMILES string of the molecule is Cc1cnc(CC2CCN(S(=O)(=O)c3ccccc3)CC2)n1Cc1ccccc1. The first-order valence-corrected chi connectivity index (χ1v) is 11.6. The van der Waals surface area contributed by atoms with Crippen LogP contribution in [0.4, 0.5) is 0 Å². The Morgan fingerprint density at radius 2 is 1.59 bits per heavy atom. The van der Waals surface area contributed by atoms with Crippen LogP contribution in [0.15, 0.2) is 71.8 Å². The smallest absolute Gasteiger partial charge is 0.243 e. The number of imidazole rings is 1. The summed E-state index contributed by atoms with van der Waals surface area (Å²) in [6, 6.07) is 19.1. The molecule has 1 fully saturated rings. The van der Waals surface area contributed by atoms with Gasteiger partial charge in [0.1, 0.15) is 5.82 Å². The van der Waals surface area contributed by atoms with Gasteiger partial charge in [0.15, 0.2) is 0 Å². The number of hydrogen-bond acceptors (Lipinski definition) is 3. The fourth-order valence-electron chi connectivity index (χ4n) is 4.01. The number of rotatable bonds is 6. The van der Waals surface area contributed by atoms with E-state index in [2.05, 4.69) is 40.7 Å². The molecule has 0 atom stereocenters. The summed E-state index contributed by atoms with van der Waals surface area (Å²) in [6.07, 6.45) is 4.56. The summed E-state index contributed by atoms with van der Waals surface area (Å²) in [7, 11) is -3.39. The summed E-state index contributed by atoms with van der Waals surface area (Å²) in [6.45, 7) is 4.05. The molecule has 152 valence electrons. The van der Waals surface area contributed by atoms with E-state index in [1.54, 1.807) is 28.6 Å². The Balaban J connectivity index is 1.41. The van der Waals surface area contributed by atoms with Crippen LogP contribution in [0, 0.1) is 12.8 Å². The summed E-state index contributed by atoms with van der Waals surface area (Å²) in [4.78, 5) is 5.03. The van der Waals surface area contributed by atoms with Gasteiger partial charge in [0.25, 0.3) is 0 Å². The first-order chi connectivity index (χ1) is 14.0. The van der Waals surface area contributed by atoms with Crippen molar-refractivity contribution >= 4 is 10.0 Å². The molecule has 0 N–H and O–H groups in total. The molecule has 0 saturated carbocycles. The van der Waals surface area contributed by atoms with Crippen molar-refractivity contribution in [3.05, 3.63) is 83.9 Å². The fourth-order valence-corrected chi connectivity index (χ4v) is 5.50. The second-order valence-electron chi connectivity index (χ2n) is 7.75. The van der Waals surface area contributed by atoms with Gasteiger partial charge < -0.3 is 4.57 Å². The van der Waals surface area contributed by atoms with Crippen molar-refractivity contribution in [2.75, 3.05) is 13.1 Å². The van der Waals surface area contributed by atoms with E-state index in [0.29, 0.717) is 23.9 Å². The van der Waals surface area contributed by atoms with Crippen molar-refractivity contribution in [2.45, 2.75) is 37.6 Å². The van der Waals surface area contributed by atoms with Crippen molar-refractivity contribution < 1.29 is 8.42 Å². The van der Waals surface area contributed by atoms with E-state index >= 15 is 0 Å². The van der Waals surface area contributed by atoms with Gasteiger partial charge >= 0.3 is 0 Å². The molecule has 4 rings (SSSR count). The largest absolute Gasteiger partial charge is 0.328 e. The maximum Gasteiger partial charge on any atom is 0.243 e. The van der Waals surface area contributed by atoms with Crippen LogP contribution < -0.4 is 0 Å². The standard InChI is InChI=1S/C23H27N3O2S/c1-19-17-24-23(26(19)18-21-8-4-2-5-9-21)16-20-12-14-25(15-13-20)29(27,28)22-10-6-3-7-11-22/h2-11,17,20H,12-16,18H2,1H3. The Morgan fingerprint density at radius 1 is 0.966 bits per heavy atom. The van der Waals surface area contributed by atoms with E-state index in [-0.39, 0.29) is 0 Å². The molecule has 29 heavy (non-hydrogen) atoms. The minimum absolute atomic E-state index is 0.382. The summed E-state index contributed by atoms with van der Waals surface area (Å²) in [5.74, 6) is 1.55. The predicted octanol–water partition coefficient (Wildman–Crippen LogP) is 3.88. The van der Waals surface area contributed by atoms with Crippen molar-refractivity contribution in [2.24, 2.45) is 5.92 Å². The number of sulfonamides is 1. The Bertz CT molecular complexity index is 1040. The van der Waals surface area contributed by atoms with Gasteiger partial charge in [0, 0.05) is 37.9 Å². The van der Waals surface area contributed by atoms with Crippen molar-refractivity contribution in [3.63, 3.8) is 0 Å². The Kier molecular flexibility index (Phi) is 5.83. The van der Waals surface area contributed by atoms with Gasteiger partial charge in [0.2, 0.25) is 10.0 Å². The Hall–Kier alpha value is -2.44. The number of hydrogen-bond donors (Lipinski definition) is 0. The van der Waals surface area contributed by atoms with Crippen LogP contribution in [0.2, 0.25) is 0 Å². The molecule has 1 saturated heterocycles. The fraction of sp³-hybridized carbons (Fsp3) is 0.348. The quantitative estimate of drug-likeness (QED) is 0.621. The average Bonchev–Trinajstić information content (AvgIpc) is 3.09. The lowest BCUT2D eigenvalue weighted by atomic mass is 9.94. The van der Waals surface area contributed by atoms with Crippen molar-refractivity contribution in [3.8, 4) is 0 Å². The van der Waals surface area contributed by atoms with E-state index < -0.39 is 10.0 Å². The maximum absolute atomic E-state index is 12.8. The third-order valence-electron chi connectivity index (χ3n) is 5.75. The topological polar surface area (TPSA) is 55.2 Å². The van der Waals surface area contributed by atoms with Crippen LogP contribution in [0.25, 0.3) is 0 Å². The first kappa shape index (κ1) is 19.9. The molecule has 0 radical (unpaired) electrons. The zero-order valence-corrected chi connectivity index (χ0v) is 17.6. The lowest BCUT2D eigenvalue weighted by Crippen LogP contribution is -2.39. The molecule has 1 aliphatic rings. The normalized spacial score (nSPS) is 16.2. The minimum atomic E-state index is -3.39. The van der Waals surface area contributed by atoms with Crippen LogP contribution in [0.1, 0.15) is 29.9 Å². The molecule has 2 heterocycles. The average molecular weight is 410 g/mol. The molecule has 0 unspecified atom stereocenters. The zero-order chi connectivity index (χ0) is 20.3.